The third kappa shape index (κ3) is 4.15. The Morgan fingerprint density at radius 1 is 1.06 bits per heavy atom. The van der Waals surface area contributed by atoms with E-state index >= 15 is 0 Å². The molecule has 0 bridgehead atoms. The van der Waals surface area contributed by atoms with Gasteiger partial charge >= 0.3 is 5.97 Å². The lowest BCUT2D eigenvalue weighted by Crippen LogP contribution is -2.29. The number of carbonyl (C=O) groups is 2. The third-order valence-corrected chi connectivity index (χ3v) is 7.50. The van der Waals surface area contributed by atoms with E-state index in [1.165, 1.54) is 7.11 Å². The Hall–Kier alpha value is -3.10. The minimum atomic E-state index is -0.565. The van der Waals surface area contributed by atoms with Crippen molar-refractivity contribution in [3.05, 3.63) is 114 Å². The number of halogens is 2. The van der Waals surface area contributed by atoms with Crippen LogP contribution in [0.1, 0.15) is 39.9 Å². The highest BCUT2D eigenvalue weighted by Gasteiger charge is 2.42. The number of dihydropyridines is 1. The molecule has 1 aliphatic carbocycles. The number of hydrogen-bond acceptors (Lipinski definition) is 5. The Bertz CT molecular complexity index is 1440. The van der Waals surface area contributed by atoms with E-state index in [1.807, 2.05) is 73.7 Å². The normalized spacial score (nSPS) is 16.6. The summed E-state index contributed by atoms with van der Waals surface area (Å²) in [4.78, 5) is 26.4. The molecule has 5 rings (SSSR count). The largest absolute Gasteiger partial charge is 0.488 e. The molecule has 0 amide bonds. The van der Waals surface area contributed by atoms with Crippen molar-refractivity contribution in [2.75, 3.05) is 7.11 Å². The molecule has 1 aliphatic heterocycles. The van der Waals surface area contributed by atoms with Crippen molar-refractivity contribution in [2.45, 2.75) is 19.4 Å². The number of hydrogen-bond donors (Lipinski definition) is 1. The van der Waals surface area contributed by atoms with Gasteiger partial charge in [0, 0.05) is 38.9 Å². The molecule has 176 valence electrons. The van der Waals surface area contributed by atoms with Gasteiger partial charge in [0.15, 0.2) is 5.78 Å². The van der Waals surface area contributed by atoms with Crippen molar-refractivity contribution in [3.63, 3.8) is 0 Å². The first-order chi connectivity index (χ1) is 16.9. The Balaban J connectivity index is 1.55. The molecule has 3 aromatic rings. The fourth-order valence-corrected chi connectivity index (χ4v) is 5.51. The van der Waals surface area contributed by atoms with E-state index in [0.29, 0.717) is 39.8 Å². The van der Waals surface area contributed by atoms with Gasteiger partial charge < -0.3 is 14.8 Å². The van der Waals surface area contributed by atoms with Crippen molar-refractivity contribution in [1.82, 2.24) is 5.32 Å². The lowest BCUT2D eigenvalue weighted by atomic mass is 9.80. The Labute approximate surface area is 221 Å². The summed E-state index contributed by atoms with van der Waals surface area (Å²) in [6.07, 6.45) is 0. The molecule has 2 aliphatic rings. The topological polar surface area (TPSA) is 64.6 Å². The van der Waals surface area contributed by atoms with Crippen LogP contribution in [0, 0.1) is 3.57 Å². The van der Waals surface area contributed by atoms with E-state index in [-0.39, 0.29) is 5.78 Å². The van der Waals surface area contributed by atoms with Crippen molar-refractivity contribution < 1.29 is 19.1 Å². The zero-order valence-electron chi connectivity index (χ0n) is 19.0. The molecule has 5 nitrogen and oxygen atoms in total. The lowest BCUT2D eigenvalue weighted by Gasteiger charge is -2.29. The molecular weight excluding hydrogens is 577 g/mol. The van der Waals surface area contributed by atoms with E-state index in [4.69, 9.17) is 21.1 Å². The van der Waals surface area contributed by atoms with Crippen molar-refractivity contribution in [3.8, 4) is 5.75 Å². The quantitative estimate of drug-likeness (QED) is 0.278. The number of ketones is 1. The van der Waals surface area contributed by atoms with Crippen molar-refractivity contribution in [2.24, 2.45) is 0 Å². The number of carbonyl (C=O) groups excluding carboxylic acids is 2. The smallest absolute Gasteiger partial charge is 0.336 e. The monoisotopic (exact) mass is 597 g/mol. The van der Waals surface area contributed by atoms with Crippen molar-refractivity contribution >= 4 is 51.6 Å². The minimum absolute atomic E-state index is 0.0870. The van der Waals surface area contributed by atoms with E-state index < -0.39 is 11.9 Å². The predicted molar refractivity (Wildman–Crippen MR) is 143 cm³/mol. The number of allylic oxidation sites excluding steroid dienone is 2. The highest BCUT2D eigenvalue weighted by atomic mass is 127. The van der Waals surface area contributed by atoms with Gasteiger partial charge in [0.25, 0.3) is 0 Å². The van der Waals surface area contributed by atoms with Gasteiger partial charge in [0.1, 0.15) is 12.4 Å². The van der Waals surface area contributed by atoms with E-state index in [2.05, 4.69) is 27.9 Å². The molecule has 3 aromatic carbocycles. The van der Waals surface area contributed by atoms with Gasteiger partial charge in [-0.1, -0.05) is 60.1 Å². The second-order valence-electron chi connectivity index (χ2n) is 8.32. The zero-order valence-corrected chi connectivity index (χ0v) is 21.9. The van der Waals surface area contributed by atoms with E-state index in [0.717, 1.165) is 26.0 Å². The summed E-state index contributed by atoms with van der Waals surface area (Å²) in [6, 6.07) is 20.8. The molecule has 0 saturated carbocycles. The molecule has 0 radical (unpaired) electrons. The maximum Gasteiger partial charge on any atom is 0.336 e. The molecule has 0 spiro atoms. The first-order valence-electron chi connectivity index (χ1n) is 11.0. The summed E-state index contributed by atoms with van der Waals surface area (Å²) in [5.74, 6) is -0.427. The summed E-state index contributed by atoms with van der Waals surface area (Å²) in [5.41, 5.74) is 5.57. The summed E-state index contributed by atoms with van der Waals surface area (Å²) in [5, 5.41) is 3.95. The zero-order chi connectivity index (χ0) is 24.7. The lowest BCUT2D eigenvalue weighted by molar-refractivity contribution is -0.136. The molecule has 1 heterocycles. The van der Waals surface area contributed by atoms with Crippen LogP contribution in [0.15, 0.2) is 83.6 Å². The summed E-state index contributed by atoms with van der Waals surface area (Å²) >= 11 is 8.47. The highest BCUT2D eigenvalue weighted by Crippen LogP contribution is 2.47. The fourth-order valence-electron chi connectivity index (χ4n) is 4.63. The van der Waals surface area contributed by atoms with Gasteiger partial charge in [0.05, 0.1) is 22.0 Å². The molecular formula is C28H21ClINO4. The van der Waals surface area contributed by atoms with Crippen LogP contribution in [0.4, 0.5) is 0 Å². The van der Waals surface area contributed by atoms with Gasteiger partial charge in [-0.15, -0.1) is 0 Å². The second-order valence-corrected chi connectivity index (χ2v) is 9.89. The SMILES string of the molecule is COC(=O)C1=C(C)NC2=C(C(=O)c3ccccc32)[C@@H]1c1ccc(OCc2ccccc2Cl)c(I)c1. The summed E-state index contributed by atoms with van der Waals surface area (Å²) in [6.45, 7) is 2.17. The van der Waals surface area contributed by atoms with Crippen molar-refractivity contribution in [1.29, 1.82) is 0 Å². The molecule has 0 saturated heterocycles. The van der Waals surface area contributed by atoms with Crippen LogP contribution in [-0.2, 0) is 16.1 Å². The van der Waals surface area contributed by atoms with Gasteiger partial charge in [-0.3, -0.25) is 4.79 Å². The molecule has 0 fully saturated rings. The average Bonchev–Trinajstić information content (AvgIpc) is 3.14. The van der Waals surface area contributed by atoms with Crippen LogP contribution in [0.3, 0.4) is 0 Å². The number of Topliss-reactive ketones (excluding diaryl/α,β-unsaturated/α-hetero) is 1. The predicted octanol–water partition coefficient (Wildman–Crippen LogP) is 6.27. The molecule has 7 heteroatoms. The molecule has 1 atom stereocenters. The number of nitrogens with one attached hydrogen (secondary N) is 1. The fraction of sp³-hybridized carbons (Fsp3) is 0.143. The molecule has 0 unspecified atom stereocenters. The number of rotatable bonds is 5. The van der Waals surface area contributed by atoms with E-state index in [1.54, 1.807) is 0 Å². The van der Waals surface area contributed by atoms with Crippen LogP contribution >= 0.6 is 34.2 Å². The standard InChI is InChI=1S/C28H21ClINO4/c1-15-23(28(33)34-2)24(25-26(31-15)18-8-4-5-9-19(18)27(25)32)16-11-12-22(21(30)13-16)35-14-17-7-3-6-10-20(17)29/h3-13,24,31H,14H2,1-2H3/t24-/m1/s1. The molecule has 0 aromatic heterocycles. The molecule has 35 heavy (non-hydrogen) atoms. The van der Waals surface area contributed by atoms with Gasteiger partial charge in [0.2, 0.25) is 0 Å². The summed E-state index contributed by atoms with van der Waals surface area (Å²) < 4.78 is 12.0. The highest BCUT2D eigenvalue weighted by molar-refractivity contribution is 14.1. The van der Waals surface area contributed by atoms with Crippen LogP contribution in [0.5, 0.6) is 5.75 Å². The number of benzene rings is 3. The summed E-state index contributed by atoms with van der Waals surface area (Å²) in [7, 11) is 1.35. The van der Waals surface area contributed by atoms with Crippen LogP contribution in [0.25, 0.3) is 5.70 Å². The van der Waals surface area contributed by atoms with Crippen LogP contribution in [0.2, 0.25) is 5.02 Å². The number of esters is 1. The Morgan fingerprint density at radius 3 is 2.49 bits per heavy atom. The van der Waals surface area contributed by atoms with Crippen LogP contribution in [-0.4, -0.2) is 18.9 Å². The second kappa shape index (κ2) is 9.51. The minimum Gasteiger partial charge on any atom is -0.488 e. The Kier molecular flexibility index (Phi) is 6.42. The van der Waals surface area contributed by atoms with Gasteiger partial charge in [-0.2, -0.15) is 0 Å². The van der Waals surface area contributed by atoms with Crippen LogP contribution < -0.4 is 10.1 Å². The van der Waals surface area contributed by atoms with E-state index in [9.17, 15) is 9.59 Å². The Morgan fingerprint density at radius 2 is 1.77 bits per heavy atom. The van der Waals surface area contributed by atoms with Gasteiger partial charge in [-0.05, 0) is 53.3 Å². The molecule has 1 N–H and O–H groups in total. The maximum absolute atomic E-state index is 13.5. The number of ether oxygens (including phenoxy) is 2. The number of fused-ring (bicyclic) bond motifs is 2. The maximum atomic E-state index is 13.5. The average molecular weight is 598 g/mol. The third-order valence-electron chi connectivity index (χ3n) is 6.28. The first-order valence-corrected chi connectivity index (χ1v) is 12.5. The first kappa shape index (κ1) is 23.6. The van der Waals surface area contributed by atoms with Gasteiger partial charge in [-0.25, -0.2) is 4.79 Å². The number of methoxy groups -OCH3 is 1.